The summed E-state index contributed by atoms with van der Waals surface area (Å²) >= 11 is 2.18. The number of aromatic nitrogens is 2. The highest BCUT2D eigenvalue weighted by atomic mass is 127. The third-order valence-corrected chi connectivity index (χ3v) is 1.46. The summed E-state index contributed by atoms with van der Waals surface area (Å²) in [7, 11) is 0. The molecule has 0 amide bonds. The minimum atomic E-state index is -0.318. The fourth-order valence-corrected chi connectivity index (χ4v) is 0.658. The molecule has 74 valence electrons. The molecule has 0 saturated heterocycles. The Morgan fingerprint density at radius 3 is 2.31 bits per heavy atom. The van der Waals surface area contributed by atoms with E-state index < -0.39 is 0 Å². The van der Waals surface area contributed by atoms with Gasteiger partial charge in [0.05, 0.1) is 9.77 Å². The highest BCUT2D eigenvalue weighted by Gasteiger charge is 2.07. The molecule has 0 spiro atoms. The highest BCUT2D eigenvalue weighted by molar-refractivity contribution is 14.1. The lowest BCUT2D eigenvalue weighted by molar-refractivity contribution is -0.138. The van der Waals surface area contributed by atoms with Crippen LogP contribution in [0, 0.1) is 3.57 Å². The van der Waals surface area contributed by atoms with E-state index in [4.69, 9.17) is 0 Å². The number of H-pyrrole nitrogens is 1. The molecule has 0 unspecified atom stereocenters. The lowest BCUT2D eigenvalue weighted by Crippen LogP contribution is -2.17. The summed E-state index contributed by atoms with van der Waals surface area (Å²) in [6.07, 6.45) is 3.60. The summed E-state index contributed by atoms with van der Waals surface area (Å²) in [5, 5.41) is 6.36. The number of ether oxygens (including phenoxy) is 1. The number of aromatic amines is 1. The maximum Gasteiger partial charge on any atom is 0.293 e. The van der Waals surface area contributed by atoms with Crippen molar-refractivity contribution in [3.63, 3.8) is 0 Å². The molecule has 5 heteroatoms. The SMILES string of the molecule is CC(C)(C)OC=O.Ic1cn[nH]c1. The van der Waals surface area contributed by atoms with E-state index in [1.807, 2.05) is 27.0 Å². The molecule has 1 N–H and O–H groups in total. The second kappa shape index (κ2) is 5.95. The van der Waals surface area contributed by atoms with Gasteiger partial charge in [0.2, 0.25) is 0 Å². The maximum absolute atomic E-state index is 9.60. The summed E-state index contributed by atoms with van der Waals surface area (Å²) in [5.74, 6) is 0. The Bertz CT molecular complexity index is 229. The number of hydrogen-bond acceptors (Lipinski definition) is 3. The Kier molecular flexibility index (Phi) is 5.68. The van der Waals surface area contributed by atoms with Crippen LogP contribution in [0.15, 0.2) is 12.4 Å². The fourth-order valence-electron chi connectivity index (χ4n) is 0.379. The van der Waals surface area contributed by atoms with Crippen LogP contribution in [0.4, 0.5) is 0 Å². The molecule has 0 radical (unpaired) electrons. The fraction of sp³-hybridized carbons (Fsp3) is 0.500. The Balaban J connectivity index is 0.000000223. The summed E-state index contributed by atoms with van der Waals surface area (Å²) in [6, 6.07) is 0. The summed E-state index contributed by atoms with van der Waals surface area (Å²) in [5.41, 5.74) is -0.318. The van der Waals surface area contributed by atoms with Crippen molar-refractivity contribution in [3.05, 3.63) is 16.0 Å². The smallest absolute Gasteiger partial charge is 0.293 e. The molecular formula is C8H13IN2O2. The van der Waals surface area contributed by atoms with E-state index in [0.717, 1.165) is 3.57 Å². The lowest BCUT2D eigenvalue weighted by atomic mass is 10.2. The third kappa shape index (κ3) is 9.32. The van der Waals surface area contributed by atoms with Crippen LogP contribution in [-0.4, -0.2) is 22.3 Å². The molecule has 0 aliphatic heterocycles. The van der Waals surface area contributed by atoms with Gasteiger partial charge < -0.3 is 4.74 Å². The first-order valence-corrected chi connectivity index (χ1v) is 4.79. The first kappa shape index (κ1) is 12.4. The van der Waals surface area contributed by atoms with Crippen molar-refractivity contribution in [3.8, 4) is 0 Å². The van der Waals surface area contributed by atoms with Gasteiger partial charge in [0.15, 0.2) is 0 Å². The summed E-state index contributed by atoms with van der Waals surface area (Å²) in [4.78, 5) is 9.60. The number of carbonyl (C=O) groups is 1. The minimum Gasteiger partial charge on any atom is -0.462 e. The van der Waals surface area contributed by atoms with Crippen molar-refractivity contribution in [2.45, 2.75) is 26.4 Å². The van der Waals surface area contributed by atoms with Crippen molar-refractivity contribution >= 4 is 29.1 Å². The van der Waals surface area contributed by atoms with Crippen LogP contribution in [0.5, 0.6) is 0 Å². The van der Waals surface area contributed by atoms with E-state index in [1.54, 1.807) is 6.20 Å². The second-order valence-electron chi connectivity index (χ2n) is 3.24. The number of nitrogens with zero attached hydrogens (tertiary/aromatic N) is 1. The van der Waals surface area contributed by atoms with Gasteiger partial charge in [-0.25, -0.2) is 0 Å². The normalized spacial score (nSPS) is 9.85. The zero-order chi connectivity index (χ0) is 10.3. The van der Waals surface area contributed by atoms with Gasteiger partial charge in [-0.05, 0) is 43.4 Å². The topological polar surface area (TPSA) is 55.0 Å². The zero-order valence-electron chi connectivity index (χ0n) is 7.87. The van der Waals surface area contributed by atoms with E-state index >= 15 is 0 Å². The van der Waals surface area contributed by atoms with Crippen molar-refractivity contribution in [2.24, 2.45) is 0 Å². The highest BCUT2D eigenvalue weighted by Crippen LogP contribution is 2.02. The molecule has 0 aliphatic carbocycles. The molecule has 1 aromatic heterocycles. The lowest BCUT2D eigenvalue weighted by Gasteiger charge is -2.14. The van der Waals surface area contributed by atoms with Gasteiger partial charge in [-0.15, -0.1) is 0 Å². The van der Waals surface area contributed by atoms with Crippen molar-refractivity contribution < 1.29 is 9.53 Å². The Labute approximate surface area is 91.2 Å². The van der Waals surface area contributed by atoms with E-state index in [1.165, 1.54) is 0 Å². The molecule has 0 aromatic carbocycles. The van der Waals surface area contributed by atoms with E-state index in [-0.39, 0.29) is 5.60 Å². The van der Waals surface area contributed by atoms with Crippen LogP contribution in [0.25, 0.3) is 0 Å². The van der Waals surface area contributed by atoms with Crippen molar-refractivity contribution in [1.29, 1.82) is 0 Å². The molecule has 0 aliphatic rings. The van der Waals surface area contributed by atoms with Gasteiger partial charge in [0.25, 0.3) is 6.47 Å². The van der Waals surface area contributed by atoms with Crippen LogP contribution in [0.3, 0.4) is 0 Å². The average molecular weight is 296 g/mol. The number of nitrogens with one attached hydrogen (secondary N) is 1. The number of rotatable bonds is 1. The molecule has 4 nitrogen and oxygen atoms in total. The van der Waals surface area contributed by atoms with Crippen LogP contribution >= 0.6 is 22.6 Å². The summed E-state index contributed by atoms with van der Waals surface area (Å²) < 4.78 is 5.69. The van der Waals surface area contributed by atoms with Crippen LogP contribution < -0.4 is 0 Å². The quantitative estimate of drug-likeness (QED) is 0.637. The zero-order valence-corrected chi connectivity index (χ0v) is 10.0. The van der Waals surface area contributed by atoms with Gasteiger partial charge >= 0.3 is 0 Å². The van der Waals surface area contributed by atoms with E-state index in [2.05, 4.69) is 37.5 Å². The number of carbonyl (C=O) groups excluding carboxylic acids is 1. The van der Waals surface area contributed by atoms with Gasteiger partial charge in [0.1, 0.15) is 5.60 Å². The Morgan fingerprint density at radius 1 is 1.62 bits per heavy atom. The van der Waals surface area contributed by atoms with E-state index in [9.17, 15) is 4.79 Å². The minimum absolute atomic E-state index is 0.318. The molecule has 13 heavy (non-hydrogen) atoms. The molecule has 0 atom stereocenters. The molecule has 1 aromatic rings. The first-order chi connectivity index (χ1) is 5.95. The second-order valence-corrected chi connectivity index (χ2v) is 4.49. The Hall–Kier alpha value is -0.590. The standard InChI is InChI=1S/C5H10O2.C3H3IN2/c1-5(2,3)7-4-6;4-3-1-5-6-2-3/h4H,1-3H3;1-2H,(H,5,6). The van der Waals surface area contributed by atoms with Gasteiger partial charge in [-0.1, -0.05) is 0 Å². The van der Waals surface area contributed by atoms with Crippen molar-refractivity contribution in [2.75, 3.05) is 0 Å². The summed E-state index contributed by atoms with van der Waals surface area (Å²) in [6.45, 7) is 5.92. The molecule has 0 saturated carbocycles. The molecule has 0 bridgehead atoms. The predicted molar refractivity (Wildman–Crippen MR) is 58.2 cm³/mol. The monoisotopic (exact) mass is 296 g/mol. The van der Waals surface area contributed by atoms with Crippen LogP contribution in [0.1, 0.15) is 20.8 Å². The molecule has 0 fully saturated rings. The van der Waals surface area contributed by atoms with Crippen LogP contribution in [0.2, 0.25) is 0 Å². The van der Waals surface area contributed by atoms with Crippen molar-refractivity contribution in [1.82, 2.24) is 10.2 Å². The van der Waals surface area contributed by atoms with Gasteiger partial charge in [-0.2, -0.15) is 5.10 Å². The molecule has 1 heterocycles. The van der Waals surface area contributed by atoms with Gasteiger partial charge in [-0.3, -0.25) is 9.89 Å². The van der Waals surface area contributed by atoms with E-state index in [0.29, 0.717) is 6.47 Å². The maximum atomic E-state index is 9.60. The first-order valence-electron chi connectivity index (χ1n) is 3.71. The predicted octanol–water partition coefficient (Wildman–Crippen LogP) is 1.97. The molecular weight excluding hydrogens is 283 g/mol. The number of hydrogen-bond donors (Lipinski definition) is 1. The average Bonchev–Trinajstić information content (AvgIpc) is 2.38. The molecule has 1 rings (SSSR count). The largest absolute Gasteiger partial charge is 0.462 e. The van der Waals surface area contributed by atoms with Gasteiger partial charge in [0, 0.05) is 6.20 Å². The third-order valence-electron chi connectivity index (χ3n) is 0.867. The van der Waals surface area contributed by atoms with Crippen LogP contribution in [-0.2, 0) is 9.53 Å². The Morgan fingerprint density at radius 2 is 2.23 bits per heavy atom. The number of halogens is 1.